The van der Waals surface area contributed by atoms with Crippen molar-refractivity contribution < 1.29 is 14.3 Å². The molecule has 0 aliphatic carbocycles. The summed E-state index contributed by atoms with van der Waals surface area (Å²) >= 11 is 0. The minimum Gasteiger partial charge on any atom is -0.494 e. The van der Waals surface area contributed by atoms with Crippen LogP contribution in [0.15, 0.2) is 24.3 Å². The molecule has 1 aromatic carbocycles. The van der Waals surface area contributed by atoms with E-state index in [2.05, 4.69) is 24.2 Å². The Balaban J connectivity index is 2.03. The number of rotatable bonds is 9. The quantitative estimate of drug-likeness (QED) is 0.665. The lowest BCUT2D eigenvalue weighted by molar-refractivity contribution is 0.111. The van der Waals surface area contributed by atoms with Crippen molar-refractivity contribution in [2.45, 2.75) is 40.3 Å². The fourth-order valence-electron chi connectivity index (χ4n) is 2.10. The molecule has 0 aliphatic heterocycles. The van der Waals surface area contributed by atoms with Crippen molar-refractivity contribution in [3.8, 4) is 11.5 Å². The van der Waals surface area contributed by atoms with Gasteiger partial charge in [0.25, 0.3) is 0 Å². The van der Waals surface area contributed by atoms with Crippen molar-refractivity contribution in [2.24, 2.45) is 5.92 Å². The molecule has 0 radical (unpaired) electrons. The third kappa shape index (κ3) is 4.81. The summed E-state index contributed by atoms with van der Waals surface area (Å²) < 4.78 is 12.9. The van der Waals surface area contributed by atoms with E-state index >= 15 is 0 Å². The summed E-state index contributed by atoms with van der Waals surface area (Å²) in [5.74, 6) is 2.07. The summed E-state index contributed by atoms with van der Waals surface area (Å²) in [4.78, 5) is 11.1. The molecule has 0 N–H and O–H groups in total. The number of carbonyl (C=O) groups excluding carboxylic acids is 1. The lowest BCUT2D eigenvalue weighted by atomic mass is 10.1. The molecule has 0 bridgehead atoms. The highest BCUT2D eigenvalue weighted by Crippen LogP contribution is 2.19. The second-order valence-electron chi connectivity index (χ2n) is 5.64. The Bertz CT molecular complexity index is 621. The van der Waals surface area contributed by atoms with E-state index in [1.807, 2.05) is 31.2 Å². The van der Waals surface area contributed by atoms with Crippen LogP contribution < -0.4 is 9.47 Å². The SMILES string of the molecule is CCOc1ccc(OCc2c(C=O)nnn2CCC(C)C)cc1. The van der Waals surface area contributed by atoms with Gasteiger partial charge >= 0.3 is 0 Å². The average molecular weight is 317 g/mol. The van der Waals surface area contributed by atoms with E-state index in [4.69, 9.17) is 9.47 Å². The third-order valence-electron chi connectivity index (χ3n) is 3.41. The zero-order chi connectivity index (χ0) is 16.7. The third-order valence-corrected chi connectivity index (χ3v) is 3.41. The van der Waals surface area contributed by atoms with Crippen molar-refractivity contribution in [1.82, 2.24) is 15.0 Å². The Morgan fingerprint density at radius 3 is 2.39 bits per heavy atom. The van der Waals surface area contributed by atoms with Gasteiger partial charge in [-0.25, -0.2) is 4.68 Å². The highest BCUT2D eigenvalue weighted by molar-refractivity contribution is 5.73. The maximum Gasteiger partial charge on any atom is 0.172 e. The van der Waals surface area contributed by atoms with Crippen molar-refractivity contribution in [3.05, 3.63) is 35.7 Å². The van der Waals surface area contributed by atoms with Crippen molar-refractivity contribution in [1.29, 1.82) is 0 Å². The van der Waals surface area contributed by atoms with Crippen LogP contribution in [0.1, 0.15) is 43.4 Å². The maximum atomic E-state index is 11.1. The zero-order valence-electron chi connectivity index (χ0n) is 13.9. The highest BCUT2D eigenvalue weighted by atomic mass is 16.5. The van der Waals surface area contributed by atoms with Gasteiger partial charge in [-0.3, -0.25) is 4.79 Å². The first-order chi connectivity index (χ1) is 11.1. The predicted molar refractivity (Wildman–Crippen MR) is 86.8 cm³/mol. The van der Waals surface area contributed by atoms with E-state index in [0.29, 0.717) is 29.7 Å². The van der Waals surface area contributed by atoms with Crippen molar-refractivity contribution in [3.63, 3.8) is 0 Å². The van der Waals surface area contributed by atoms with E-state index in [9.17, 15) is 4.79 Å². The van der Waals surface area contributed by atoms with Crippen LogP contribution in [0.2, 0.25) is 0 Å². The smallest absolute Gasteiger partial charge is 0.172 e. The Labute approximate surface area is 136 Å². The second kappa shape index (κ2) is 8.31. The number of aldehydes is 1. The molecule has 23 heavy (non-hydrogen) atoms. The average Bonchev–Trinajstić information content (AvgIpc) is 2.94. The molecule has 2 rings (SSSR count). The molecule has 0 saturated carbocycles. The number of aryl methyl sites for hydroxylation is 1. The van der Waals surface area contributed by atoms with Gasteiger partial charge in [0.15, 0.2) is 12.0 Å². The van der Waals surface area contributed by atoms with Gasteiger partial charge in [0.2, 0.25) is 0 Å². The normalized spacial score (nSPS) is 10.8. The Morgan fingerprint density at radius 2 is 1.83 bits per heavy atom. The number of hydrogen-bond donors (Lipinski definition) is 0. The summed E-state index contributed by atoms with van der Waals surface area (Å²) in [5, 5.41) is 7.95. The first kappa shape index (κ1) is 17.0. The van der Waals surface area contributed by atoms with Crippen LogP contribution in [-0.2, 0) is 13.2 Å². The molecule has 6 heteroatoms. The predicted octanol–water partition coefficient (Wildman–Crippen LogP) is 3.11. The van der Waals surface area contributed by atoms with E-state index in [1.165, 1.54) is 0 Å². The van der Waals surface area contributed by atoms with Gasteiger partial charge in [0.1, 0.15) is 23.8 Å². The van der Waals surface area contributed by atoms with E-state index in [-0.39, 0.29) is 6.61 Å². The number of carbonyl (C=O) groups is 1. The number of ether oxygens (including phenoxy) is 2. The van der Waals surface area contributed by atoms with Crippen molar-refractivity contribution >= 4 is 6.29 Å². The Morgan fingerprint density at radius 1 is 1.17 bits per heavy atom. The molecule has 0 spiro atoms. The van der Waals surface area contributed by atoms with Gasteiger partial charge < -0.3 is 9.47 Å². The molecular formula is C17H23N3O3. The van der Waals surface area contributed by atoms with Gasteiger partial charge in [0.05, 0.1) is 6.61 Å². The number of benzene rings is 1. The maximum absolute atomic E-state index is 11.1. The van der Waals surface area contributed by atoms with E-state index < -0.39 is 0 Å². The van der Waals surface area contributed by atoms with Gasteiger partial charge in [-0.05, 0) is 43.5 Å². The van der Waals surface area contributed by atoms with Crippen LogP contribution in [0.3, 0.4) is 0 Å². The summed E-state index contributed by atoms with van der Waals surface area (Å²) in [7, 11) is 0. The lowest BCUT2D eigenvalue weighted by Gasteiger charge is -2.10. The topological polar surface area (TPSA) is 66.2 Å². The van der Waals surface area contributed by atoms with Gasteiger partial charge in [-0.2, -0.15) is 0 Å². The largest absolute Gasteiger partial charge is 0.494 e. The number of nitrogens with zero attached hydrogens (tertiary/aromatic N) is 3. The molecule has 0 fully saturated rings. The minimum atomic E-state index is 0.257. The molecule has 6 nitrogen and oxygen atoms in total. The molecule has 2 aromatic rings. The standard InChI is InChI=1S/C17H23N3O3/c1-4-22-14-5-7-15(8-6-14)23-12-17-16(11-21)18-19-20(17)10-9-13(2)3/h5-8,11,13H,4,9-10,12H2,1-3H3. The lowest BCUT2D eigenvalue weighted by Crippen LogP contribution is -2.11. The van der Waals surface area contributed by atoms with E-state index in [0.717, 1.165) is 25.0 Å². The summed E-state index contributed by atoms with van der Waals surface area (Å²) in [6, 6.07) is 7.39. The molecule has 0 amide bonds. The summed E-state index contributed by atoms with van der Waals surface area (Å²) in [6.07, 6.45) is 1.69. The summed E-state index contributed by atoms with van der Waals surface area (Å²) in [6.45, 7) is 7.84. The highest BCUT2D eigenvalue weighted by Gasteiger charge is 2.13. The number of hydrogen-bond acceptors (Lipinski definition) is 5. The molecule has 0 aliphatic rings. The van der Waals surface area contributed by atoms with Crippen LogP contribution in [-0.4, -0.2) is 27.9 Å². The minimum absolute atomic E-state index is 0.257. The fourth-order valence-corrected chi connectivity index (χ4v) is 2.10. The van der Waals surface area contributed by atoms with Crippen LogP contribution in [0.5, 0.6) is 11.5 Å². The fraction of sp³-hybridized carbons (Fsp3) is 0.471. The molecule has 0 atom stereocenters. The van der Waals surface area contributed by atoms with Crippen LogP contribution >= 0.6 is 0 Å². The molecular weight excluding hydrogens is 294 g/mol. The molecule has 1 heterocycles. The molecule has 124 valence electrons. The van der Waals surface area contributed by atoms with Crippen molar-refractivity contribution in [2.75, 3.05) is 6.61 Å². The Kier molecular flexibility index (Phi) is 6.14. The monoisotopic (exact) mass is 317 g/mol. The Hall–Kier alpha value is -2.37. The summed E-state index contributed by atoms with van der Waals surface area (Å²) in [5.41, 5.74) is 1.04. The van der Waals surface area contributed by atoms with Gasteiger partial charge in [-0.15, -0.1) is 5.10 Å². The van der Waals surface area contributed by atoms with Gasteiger partial charge in [-0.1, -0.05) is 19.1 Å². The zero-order valence-corrected chi connectivity index (χ0v) is 13.9. The second-order valence-corrected chi connectivity index (χ2v) is 5.64. The first-order valence-corrected chi connectivity index (χ1v) is 7.87. The molecule has 0 saturated heterocycles. The van der Waals surface area contributed by atoms with Crippen LogP contribution in [0.25, 0.3) is 0 Å². The van der Waals surface area contributed by atoms with Crippen LogP contribution in [0.4, 0.5) is 0 Å². The number of aromatic nitrogens is 3. The molecule has 0 unspecified atom stereocenters. The molecule has 1 aromatic heterocycles. The van der Waals surface area contributed by atoms with Gasteiger partial charge in [0, 0.05) is 6.54 Å². The van der Waals surface area contributed by atoms with Crippen LogP contribution in [0, 0.1) is 5.92 Å². The first-order valence-electron chi connectivity index (χ1n) is 7.87. The van der Waals surface area contributed by atoms with E-state index in [1.54, 1.807) is 4.68 Å².